The average molecular weight is 521 g/mol. The van der Waals surface area contributed by atoms with Crippen molar-refractivity contribution in [3.8, 4) is 0 Å². The van der Waals surface area contributed by atoms with E-state index in [4.69, 9.17) is 28.2 Å². The van der Waals surface area contributed by atoms with E-state index in [2.05, 4.69) is 5.32 Å². The lowest BCUT2D eigenvalue weighted by Crippen LogP contribution is -2.46. The second kappa shape index (κ2) is 10.2. The van der Waals surface area contributed by atoms with Crippen molar-refractivity contribution in [2.24, 2.45) is 5.92 Å². The number of hydrogen-bond donors (Lipinski definition) is 2. The van der Waals surface area contributed by atoms with Crippen LogP contribution in [0.25, 0.3) is 0 Å². The van der Waals surface area contributed by atoms with Gasteiger partial charge in [0, 0.05) is 29.3 Å². The number of amides is 1. The zero-order valence-electron chi connectivity index (χ0n) is 20.1. The van der Waals surface area contributed by atoms with Crippen molar-refractivity contribution in [2.75, 3.05) is 5.32 Å². The van der Waals surface area contributed by atoms with Gasteiger partial charge in [0.1, 0.15) is 0 Å². The smallest absolute Gasteiger partial charge is 0.306 e. The van der Waals surface area contributed by atoms with Gasteiger partial charge in [-0.3, -0.25) is 19.0 Å². The van der Waals surface area contributed by atoms with Crippen LogP contribution in [0.15, 0.2) is 23.0 Å². The highest BCUT2D eigenvalue weighted by atomic mass is 35.5. The molecule has 1 atom stereocenters. The van der Waals surface area contributed by atoms with Crippen molar-refractivity contribution in [2.45, 2.75) is 77.5 Å². The lowest BCUT2D eigenvalue weighted by atomic mass is 9.86. The second-order valence-corrected chi connectivity index (χ2v) is 10.6. The first-order valence-electron chi connectivity index (χ1n) is 12.0. The van der Waals surface area contributed by atoms with Crippen molar-refractivity contribution in [3.63, 3.8) is 0 Å². The Morgan fingerprint density at radius 2 is 1.83 bits per heavy atom. The molecule has 0 unspecified atom stereocenters. The Kier molecular flexibility index (Phi) is 7.43. The van der Waals surface area contributed by atoms with Crippen LogP contribution in [0.5, 0.6) is 0 Å². The van der Waals surface area contributed by atoms with Crippen LogP contribution in [0, 0.1) is 5.92 Å². The van der Waals surface area contributed by atoms with Gasteiger partial charge in [-0.05, 0) is 71.1 Å². The number of aromatic nitrogens is 2. The van der Waals surface area contributed by atoms with Crippen molar-refractivity contribution in [1.29, 1.82) is 0 Å². The van der Waals surface area contributed by atoms with Gasteiger partial charge in [0.15, 0.2) is 0 Å². The van der Waals surface area contributed by atoms with Gasteiger partial charge >= 0.3 is 5.97 Å². The number of anilines is 1. The van der Waals surface area contributed by atoms with Crippen LogP contribution < -0.4 is 10.9 Å². The van der Waals surface area contributed by atoms with Gasteiger partial charge in [0.05, 0.1) is 28.2 Å². The molecule has 1 aliphatic carbocycles. The third kappa shape index (κ3) is 5.19. The number of carboxylic acid groups (broad SMARTS) is 1. The molecule has 2 heterocycles. The molecule has 2 aromatic rings. The molecule has 2 aliphatic rings. The molecule has 0 radical (unpaired) electrons. The Hall–Kier alpha value is -2.58. The minimum absolute atomic E-state index is 0.0398. The lowest BCUT2D eigenvalue weighted by Gasteiger charge is -2.36. The Labute approximate surface area is 214 Å². The fourth-order valence-corrected chi connectivity index (χ4v) is 5.32. The Morgan fingerprint density at radius 1 is 1.14 bits per heavy atom. The summed E-state index contributed by atoms with van der Waals surface area (Å²) in [6, 6.07) is 4.52. The lowest BCUT2D eigenvalue weighted by molar-refractivity contribution is -0.143. The molecule has 4 rings (SSSR count). The molecule has 0 saturated heterocycles. The standard InChI is InChI=1S/C25H30Cl2N4O4/c1-13(2)28-25-29-21-12-30(22(32)16-6-9-19(26)20(27)11-16)14(3)10-18(21)23(33)31(25)17-7-4-15(5-8-17)24(34)35/h6,9,11,13-15,17H,4-5,7-8,10,12H2,1-3H3,(H,28,29)(H,34,35)/t14-,15-,17-/m1/s1. The first-order valence-corrected chi connectivity index (χ1v) is 12.7. The molecule has 1 aromatic carbocycles. The number of nitrogens with one attached hydrogen (secondary N) is 1. The van der Waals surface area contributed by atoms with E-state index in [0.717, 1.165) is 0 Å². The predicted octanol–water partition coefficient (Wildman–Crippen LogP) is 4.77. The maximum absolute atomic E-state index is 13.7. The highest BCUT2D eigenvalue weighted by molar-refractivity contribution is 6.42. The van der Waals surface area contributed by atoms with Crippen molar-refractivity contribution in [3.05, 3.63) is 55.4 Å². The number of carbonyl (C=O) groups excluding carboxylic acids is 1. The molecule has 188 valence electrons. The Balaban J connectivity index is 1.68. The number of carboxylic acids is 1. The summed E-state index contributed by atoms with van der Waals surface area (Å²) in [5.41, 5.74) is 1.52. The van der Waals surface area contributed by atoms with Crippen LogP contribution in [-0.2, 0) is 17.8 Å². The molecule has 1 aromatic heterocycles. The summed E-state index contributed by atoms with van der Waals surface area (Å²) < 4.78 is 1.72. The summed E-state index contributed by atoms with van der Waals surface area (Å²) in [6.07, 6.45) is 2.68. The molecule has 8 nitrogen and oxygen atoms in total. The Morgan fingerprint density at radius 3 is 2.43 bits per heavy atom. The average Bonchev–Trinajstić information content (AvgIpc) is 2.80. The number of hydrogen-bond acceptors (Lipinski definition) is 5. The summed E-state index contributed by atoms with van der Waals surface area (Å²) >= 11 is 12.1. The topological polar surface area (TPSA) is 105 Å². The number of rotatable bonds is 5. The molecule has 1 amide bonds. The summed E-state index contributed by atoms with van der Waals surface area (Å²) in [5.74, 6) is -0.868. The fraction of sp³-hybridized carbons (Fsp3) is 0.520. The minimum atomic E-state index is -0.777. The quantitative estimate of drug-likeness (QED) is 0.587. The van der Waals surface area contributed by atoms with E-state index in [1.807, 2.05) is 20.8 Å². The molecular weight excluding hydrogens is 491 g/mol. The van der Waals surface area contributed by atoms with Gasteiger partial charge in [-0.2, -0.15) is 0 Å². The monoisotopic (exact) mass is 520 g/mol. The summed E-state index contributed by atoms with van der Waals surface area (Å²) in [6.45, 7) is 6.07. The summed E-state index contributed by atoms with van der Waals surface area (Å²) in [5, 5.41) is 13.3. The number of nitrogens with zero attached hydrogens (tertiary/aromatic N) is 3. The van der Waals surface area contributed by atoms with Gasteiger partial charge in [0.2, 0.25) is 5.95 Å². The maximum atomic E-state index is 13.7. The first kappa shape index (κ1) is 25.5. The van der Waals surface area contributed by atoms with Crippen molar-refractivity contribution < 1.29 is 14.7 Å². The third-order valence-electron chi connectivity index (χ3n) is 6.90. The molecule has 1 saturated carbocycles. The highest BCUT2D eigenvalue weighted by Crippen LogP contribution is 2.34. The van der Waals surface area contributed by atoms with E-state index in [1.165, 1.54) is 0 Å². The first-order chi connectivity index (χ1) is 16.6. The third-order valence-corrected chi connectivity index (χ3v) is 7.64. The van der Waals surface area contributed by atoms with E-state index < -0.39 is 5.97 Å². The fourth-order valence-electron chi connectivity index (χ4n) is 5.02. The SMILES string of the molecule is CC(C)Nc1nc2c(c(=O)n1[C@H]1CC[C@H](C(=O)O)CC1)C[C@@H](C)N(C(=O)c1ccc(Cl)c(Cl)c1)C2. The maximum Gasteiger partial charge on any atom is 0.306 e. The van der Waals surface area contributed by atoms with Crippen LogP contribution in [0.2, 0.25) is 10.0 Å². The van der Waals surface area contributed by atoms with E-state index in [-0.39, 0.29) is 42.1 Å². The number of fused-ring (bicyclic) bond motifs is 1. The minimum Gasteiger partial charge on any atom is -0.481 e. The molecule has 0 bridgehead atoms. The number of halogens is 2. The summed E-state index contributed by atoms with van der Waals surface area (Å²) in [7, 11) is 0. The number of carbonyl (C=O) groups is 2. The molecule has 0 spiro atoms. The largest absolute Gasteiger partial charge is 0.481 e. The van der Waals surface area contributed by atoms with Gasteiger partial charge < -0.3 is 15.3 Å². The van der Waals surface area contributed by atoms with Crippen molar-refractivity contribution >= 4 is 41.0 Å². The number of aliphatic carboxylic acids is 1. The van der Waals surface area contributed by atoms with Crippen LogP contribution in [-0.4, -0.2) is 43.5 Å². The molecule has 2 N–H and O–H groups in total. The molecular formula is C25H30Cl2N4O4. The van der Waals surface area contributed by atoms with Crippen molar-refractivity contribution in [1.82, 2.24) is 14.5 Å². The van der Waals surface area contributed by atoms with Gasteiger partial charge in [-0.15, -0.1) is 0 Å². The zero-order chi connectivity index (χ0) is 25.4. The molecule has 35 heavy (non-hydrogen) atoms. The van der Waals surface area contributed by atoms with Gasteiger partial charge in [-0.1, -0.05) is 23.2 Å². The number of benzene rings is 1. The van der Waals surface area contributed by atoms with Gasteiger partial charge in [0.25, 0.3) is 11.5 Å². The van der Waals surface area contributed by atoms with E-state index in [0.29, 0.717) is 64.9 Å². The second-order valence-electron chi connectivity index (χ2n) is 9.79. The van der Waals surface area contributed by atoms with Crippen LogP contribution >= 0.6 is 23.2 Å². The molecule has 1 aliphatic heterocycles. The highest BCUT2D eigenvalue weighted by Gasteiger charge is 2.34. The predicted molar refractivity (Wildman–Crippen MR) is 135 cm³/mol. The van der Waals surface area contributed by atoms with E-state index in [1.54, 1.807) is 27.7 Å². The van der Waals surface area contributed by atoms with Crippen LogP contribution in [0.3, 0.4) is 0 Å². The van der Waals surface area contributed by atoms with Crippen LogP contribution in [0.4, 0.5) is 5.95 Å². The zero-order valence-corrected chi connectivity index (χ0v) is 21.6. The molecule has 1 fully saturated rings. The Bertz CT molecular complexity index is 1200. The van der Waals surface area contributed by atoms with E-state index in [9.17, 15) is 19.5 Å². The molecule has 10 heteroatoms. The van der Waals surface area contributed by atoms with Crippen LogP contribution in [0.1, 0.15) is 74.1 Å². The normalized spacial score (nSPS) is 22.1. The van der Waals surface area contributed by atoms with E-state index >= 15 is 0 Å². The summed E-state index contributed by atoms with van der Waals surface area (Å²) in [4.78, 5) is 44.9. The van der Waals surface area contributed by atoms with Gasteiger partial charge in [-0.25, -0.2) is 4.98 Å².